The lowest BCUT2D eigenvalue weighted by Crippen LogP contribution is -2.36. The average Bonchev–Trinajstić information content (AvgIpc) is 3.32. The number of nitrogens with zero attached hydrogens (tertiary/aromatic N) is 3. The van der Waals surface area contributed by atoms with Gasteiger partial charge in [-0.05, 0) is 61.2 Å². The minimum Gasteiger partial charge on any atom is -0.489 e. The summed E-state index contributed by atoms with van der Waals surface area (Å²) < 4.78 is 8.35. The molecule has 0 bridgehead atoms. The number of hydrogen-bond donors (Lipinski definition) is 1. The Kier molecular flexibility index (Phi) is 9.63. The Labute approximate surface area is 201 Å². The molecule has 0 radical (unpaired) electrons. The van der Waals surface area contributed by atoms with Gasteiger partial charge in [0.1, 0.15) is 11.9 Å². The van der Waals surface area contributed by atoms with Crippen LogP contribution in [-0.4, -0.2) is 28.2 Å². The summed E-state index contributed by atoms with van der Waals surface area (Å²) in [6.07, 6.45) is 11.5. The van der Waals surface area contributed by atoms with Gasteiger partial charge < -0.3 is 15.0 Å². The minimum absolute atomic E-state index is 0.0398. The number of anilines is 1. The molecular formula is C26H33ClN4O2. The molecule has 2 amide bonds. The van der Waals surface area contributed by atoms with E-state index in [4.69, 9.17) is 22.1 Å². The Morgan fingerprint density at radius 2 is 1.88 bits per heavy atom. The molecule has 1 atom stereocenters. The third-order valence-electron chi connectivity index (χ3n) is 5.59. The van der Waals surface area contributed by atoms with E-state index in [1.54, 1.807) is 17.4 Å². The number of urea groups is 1. The van der Waals surface area contributed by atoms with Crippen LogP contribution in [0.15, 0.2) is 67.3 Å². The number of amides is 2. The van der Waals surface area contributed by atoms with Gasteiger partial charge in [-0.2, -0.15) is 0 Å². The van der Waals surface area contributed by atoms with E-state index >= 15 is 0 Å². The number of imidazole rings is 1. The van der Waals surface area contributed by atoms with Crippen LogP contribution in [0.4, 0.5) is 10.5 Å². The fourth-order valence-electron chi connectivity index (χ4n) is 3.76. The van der Waals surface area contributed by atoms with Gasteiger partial charge in [-0.15, -0.1) is 0 Å². The molecule has 2 aromatic carbocycles. The lowest BCUT2D eigenvalue weighted by Gasteiger charge is -2.22. The number of nitrogens with two attached hydrogens (primary N) is 1. The van der Waals surface area contributed by atoms with Crippen molar-refractivity contribution in [2.45, 2.75) is 58.1 Å². The van der Waals surface area contributed by atoms with Gasteiger partial charge in [0, 0.05) is 29.6 Å². The average molecular weight is 469 g/mol. The van der Waals surface area contributed by atoms with Crippen molar-refractivity contribution in [2.75, 3.05) is 11.4 Å². The molecule has 1 heterocycles. The molecule has 33 heavy (non-hydrogen) atoms. The number of aryl methyl sites for hydroxylation is 1. The van der Waals surface area contributed by atoms with E-state index in [2.05, 4.69) is 11.9 Å². The summed E-state index contributed by atoms with van der Waals surface area (Å²) in [4.78, 5) is 17.7. The van der Waals surface area contributed by atoms with Crippen molar-refractivity contribution in [3.63, 3.8) is 0 Å². The van der Waals surface area contributed by atoms with Crippen molar-refractivity contribution >= 4 is 23.3 Å². The van der Waals surface area contributed by atoms with E-state index in [-0.39, 0.29) is 6.10 Å². The second-order valence-electron chi connectivity index (χ2n) is 8.21. The van der Waals surface area contributed by atoms with Crippen LogP contribution in [0, 0.1) is 0 Å². The lowest BCUT2D eigenvalue weighted by atomic mass is 10.1. The van der Waals surface area contributed by atoms with Gasteiger partial charge in [0.05, 0.1) is 12.9 Å². The summed E-state index contributed by atoms with van der Waals surface area (Å²) in [5.41, 5.74) is 7.63. The number of halogens is 1. The van der Waals surface area contributed by atoms with Crippen LogP contribution in [-0.2, 0) is 13.0 Å². The number of ether oxygens (including phenoxy) is 1. The van der Waals surface area contributed by atoms with E-state index < -0.39 is 6.03 Å². The first kappa shape index (κ1) is 24.6. The zero-order valence-corrected chi connectivity index (χ0v) is 20.0. The summed E-state index contributed by atoms with van der Waals surface area (Å²) in [5, 5.41) is 0.737. The highest BCUT2D eigenvalue weighted by atomic mass is 35.5. The first-order valence-electron chi connectivity index (χ1n) is 11.6. The van der Waals surface area contributed by atoms with Gasteiger partial charge in [-0.25, -0.2) is 9.78 Å². The number of carbonyl (C=O) groups excluding carboxylic acids is 1. The Bertz CT molecular complexity index is 959. The summed E-state index contributed by atoms with van der Waals surface area (Å²) in [5.74, 6) is 0.760. The Morgan fingerprint density at radius 3 is 2.52 bits per heavy atom. The Balaban J connectivity index is 1.64. The van der Waals surface area contributed by atoms with E-state index in [1.165, 1.54) is 5.56 Å². The van der Waals surface area contributed by atoms with Crippen LogP contribution in [0.5, 0.6) is 5.75 Å². The molecule has 7 heteroatoms. The zero-order chi connectivity index (χ0) is 23.5. The van der Waals surface area contributed by atoms with Crippen LogP contribution < -0.4 is 15.4 Å². The molecule has 0 aliphatic rings. The molecule has 1 unspecified atom stereocenters. The zero-order valence-electron chi connectivity index (χ0n) is 19.2. The predicted molar refractivity (Wildman–Crippen MR) is 134 cm³/mol. The van der Waals surface area contributed by atoms with Crippen molar-refractivity contribution in [3.05, 3.63) is 77.8 Å². The van der Waals surface area contributed by atoms with E-state index in [9.17, 15) is 4.79 Å². The van der Waals surface area contributed by atoms with Crippen LogP contribution in [0.1, 0.15) is 44.6 Å². The van der Waals surface area contributed by atoms with Crippen LogP contribution >= 0.6 is 11.6 Å². The van der Waals surface area contributed by atoms with Gasteiger partial charge in [0.25, 0.3) is 0 Å². The summed E-state index contributed by atoms with van der Waals surface area (Å²) in [7, 11) is 0. The number of rotatable bonds is 13. The monoisotopic (exact) mass is 468 g/mol. The fraction of sp³-hybridized carbons (Fsp3) is 0.385. The largest absolute Gasteiger partial charge is 0.489 e. The second-order valence-corrected chi connectivity index (χ2v) is 8.65. The smallest absolute Gasteiger partial charge is 0.319 e. The van der Waals surface area contributed by atoms with Gasteiger partial charge >= 0.3 is 6.03 Å². The van der Waals surface area contributed by atoms with Crippen molar-refractivity contribution in [2.24, 2.45) is 5.73 Å². The number of hydrogen-bond acceptors (Lipinski definition) is 3. The topological polar surface area (TPSA) is 73.4 Å². The highest BCUT2D eigenvalue weighted by Crippen LogP contribution is 2.23. The molecule has 3 aromatic rings. The maximum Gasteiger partial charge on any atom is 0.319 e. The molecular weight excluding hydrogens is 436 g/mol. The Hall–Kier alpha value is -2.99. The summed E-state index contributed by atoms with van der Waals surface area (Å²) >= 11 is 6.01. The quantitative estimate of drug-likeness (QED) is 0.309. The predicted octanol–water partition coefficient (Wildman–Crippen LogP) is 6.08. The molecule has 1 aromatic heterocycles. The summed E-state index contributed by atoms with van der Waals surface area (Å²) in [6, 6.07) is 15.1. The van der Waals surface area contributed by atoms with Crippen molar-refractivity contribution in [1.29, 1.82) is 0 Å². The maximum absolute atomic E-state index is 11.9. The molecule has 0 aliphatic carbocycles. The van der Waals surface area contributed by atoms with Crippen molar-refractivity contribution < 1.29 is 9.53 Å². The molecule has 176 valence electrons. The van der Waals surface area contributed by atoms with Gasteiger partial charge in [-0.3, -0.25) is 4.90 Å². The van der Waals surface area contributed by atoms with Gasteiger partial charge in [-0.1, -0.05) is 49.9 Å². The lowest BCUT2D eigenvalue weighted by molar-refractivity contribution is 0.170. The van der Waals surface area contributed by atoms with E-state index in [0.29, 0.717) is 13.1 Å². The maximum atomic E-state index is 11.9. The van der Waals surface area contributed by atoms with E-state index in [1.807, 2.05) is 59.3 Å². The van der Waals surface area contributed by atoms with Crippen LogP contribution in [0.25, 0.3) is 0 Å². The molecule has 0 saturated heterocycles. The highest BCUT2D eigenvalue weighted by molar-refractivity contribution is 6.30. The second kappa shape index (κ2) is 12.9. The number of aromatic nitrogens is 2. The van der Waals surface area contributed by atoms with Gasteiger partial charge in [0.2, 0.25) is 0 Å². The number of primary amides is 1. The fourth-order valence-corrected chi connectivity index (χ4v) is 3.88. The van der Waals surface area contributed by atoms with Crippen molar-refractivity contribution in [1.82, 2.24) is 9.55 Å². The number of unbranched alkanes of at least 4 members (excludes halogenated alkanes) is 3. The minimum atomic E-state index is -0.430. The normalized spacial score (nSPS) is 11.8. The molecule has 2 N–H and O–H groups in total. The molecule has 0 saturated carbocycles. The Morgan fingerprint density at radius 1 is 1.12 bits per heavy atom. The highest BCUT2D eigenvalue weighted by Gasteiger charge is 2.15. The molecule has 0 fully saturated rings. The molecule has 0 aliphatic heterocycles. The molecule has 6 nitrogen and oxygen atoms in total. The first-order valence-corrected chi connectivity index (χ1v) is 12.0. The third-order valence-corrected chi connectivity index (χ3v) is 5.85. The van der Waals surface area contributed by atoms with Crippen molar-refractivity contribution in [3.8, 4) is 5.75 Å². The summed E-state index contributed by atoms with van der Waals surface area (Å²) in [6.45, 7) is 3.49. The SMILES string of the molecule is CCCCCCN(C(N)=O)c1ccc(OC(CCc2ccc(Cl)cc2)Cn2ccnc2)cc1. The number of benzene rings is 2. The molecule has 0 spiro atoms. The van der Waals surface area contributed by atoms with Crippen LogP contribution in [0.3, 0.4) is 0 Å². The van der Waals surface area contributed by atoms with E-state index in [0.717, 1.165) is 55.0 Å². The third kappa shape index (κ3) is 8.13. The molecule has 3 rings (SSSR count). The van der Waals surface area contributed by atoms with Gasteiger partial charge in [0.15, 0.2) is 0 Å². The van der Waals surface area contributed by atoms with Crippen LogP contribution in [0.2, 0.25) is 5.02 Å². The number of carbonyl (C=O) groups is 1. The standard InChI is InChI=1S/C26H33ClN4O2/c1-2-3-4-5-17-31(26(28)32)23-11-14-24(15-12-23)33-25(19-30-18-16-29-20-30)13-8-21-6-9-22(27)10-7-21/h6-7,9-12,14-16,18,20,25H,2-5,8,13,17,19H2,1H3,(H2,28,32). The first-order chi connectivity index (χ1) is 16.0.